The van der Waals surface area contributed by atoms with Gasteiger partial charge in [0.25, 0.3) is 0 Å². The van der Waals surface area contributed by atoms with Gasteiger partial charge in [-0.25, -0.2) is 9.67 Å². The van der Waals surface area contributed by atoms with E-state index >= 15 is 0 Å². The first-order valence-corrected chi connectivity index (χ1v) is 11.5. The topological polar surface area (TPSA) is 113 Å². The Morgan fingerprint density at radius 1 is 1.15 bits per heavy atom. The molecule has 2 aromatic rings. The number of Topliss-reactive ketones (excluding diaryl/α,β-unsaturated/α-hetero) is 1. The van der Waals surface area contributed by atoms with Crippen LogP contribution in [0.1, 0.15) is 83.4 Å². The van der Waals surface area contributed by atoms with E-state index in [-0.39, 0.29) is 24.1 Å². The predicted octanol–water partition coefficient (Wildman–Crippen LogP) is 4.57. The van der Waals surface area contributed by atoms with E-state index in [9.17, 15) is 9.59 Å². The number of ketones is 1. The van der Waals surface area contributed by atoms with Crippen LogP contribution in [0.4, 0.5) is 0 Å². The van der Waals surface area contributed by atoms with Crippen molar-refractivity contribution in [2.24, 2.45) is 0 Å². The zero-order valence-electron chi connectivity index (χ0n) is 21.0. The van der Waals surface area contributed by atoms with Crippen molar-refractivity contribution in [3.63, 3.8) is 0 Å². The fourth-order valence-corrected chi connectivity index (χ4v) is 3.56. The van der Waals surface area contributed by atoms with Crippen LogP contribution in [0, 0.1) is 0 Å². The highest BCUT2D eigenvalue weighted by Crippen LogP contribution is 2.19. The summed E-state index contributed by atoms with van der Waals surface area (Å²) < 4.78 is 18.5. The van der Waals surface area contributed by atoms with Crippen molar-refractivity contribution in [3.8, 4) is 5.69 Å². The van der Waals surface area contributed by atoms with Gasteiger partial charge in [0.15, 0.2) is 17.9 Å². The Hall–Kier alpha value is -2.62. The van der Waals surface area contributed by atoms with Crippen LogP contribution in [0.3, 0.4) is 0 Å². The molecule has 0 saturated carbocycles. The smallest absolute Gasteiger partial charge is 0.311 e. The Labute approximate surface area is 201 Å². The molecular formula is C25H37N3O6. The van der Waals surface area contributed by atoms with E-state index in [1.54, 1.807) is 28.9 Å². The van der Waals surface area contributed by atoms with Gasteiger partial charge in [-0.2, -0.15) is 5.10 Å². The molecule has 3 rings (SSSR count). The lowest BCUT2D eigenvalue weighted by atomic mass is 10.1. The number of carbonyl (C=O) groups excluding carboxylic acids is 1. The monoisotopic (exact) mass is 475 g/mol. The summed E-state index contributed by atoms with van der Waals surface area (Å²) in [5, 5.41) is 12.9. The first kappa shape index (κ1) is 27.6. The van der Waals surface area contributed by atoms with E-state index in [1.165, 1.54) is 6.33 Å². The standard InChI is InChI=1S/C17H19N3O5.C8H18O/c21-14(9-16(22)23)12-4-3-5-13(8-12)20-15(18-11-19-20)10-25-17-6-1-2-7-24-17;1-7(2,3)9-8(4,5)6/h3-5,8,11,17H,1-2,6-7,9-10H2,(H,22,23);1-6H3. The maximum absolute atomic E-state index is 11.9. The van der Waals surface area contributed by atoms with Crippen LogP contribution in [0.2, 0.25) is 0 Å². The molecule has 0 aliphatic carbocycles. The van der Waals surface area contributed by atoms with E-state index in [0.29, 0.717) is 23.7 Å². The second-order valence-electron chi connectivity index (χ2n) is 10.1. The summed E-state index contributed by atoms with van der Waals surface area (Å²) >= 11 is 0. The molecule has 0 radical (unpaired) electrons. The number of benzene rings is 1. The summed E-state index contributed by atoms with van der Waals surface area (Å²) in [6, 6.07) is 6.63. The van der Waals surface area contributed by atoms with Crippen molar-refractivity contribution < 1.29 is 28.9 Å². The van der Waals surface area contributed by atoms with Gasteiger partial charge in [0.05, 0.1) is 16.9 Å². The van der Waals surface area contributed by atoms with Crippen LogP contribution in [-0.2, 0) is 25.6 Å². The molecule has 1 aliphatic heterocycles. The molecule has 0 bridgehead atoms. The lowest BCUT2D eigenvalue weighted by Crippen LogP contribution is -2.31. The van der Waals surface area contributed by atoms with Gasteiger partial charge in [-0.1, -0.05) is 12.1 Å². The van der Waals surface area contributed by atoms with Crippen molar-refractivity contribution in [2.45, 2.75) is 91.3 Å². The van der Waals surface area contributed by atoms with Crippen LogP contribution in [0.5, 0.6) is 0 Å². The van der Waals surface area contributed by atoms with E-state index in [4.69, 9.17) is 19.3 Å². The number of carboxylic acid groups (broad SMARTS) is 1. The molecule has 188 valence electrons. The van der Waals surface area contributed by atoms with Crippen molar-refractivity contribution in [1.29, 1.82) is 0 Å². The molecule has 1 aromatic carbocycles. The molecule has 0 amide bonds. The molecule has 1 fully saturated rings. The van der Waals surface area contributed by atoms with Gasteiger partial charge in [-0.05, 0) is 72.9 Å². The number of aliphatic carboxylic acids is 1. The SMILES string of the molecule is CC(C)(C)OC(C)(C)C.O=C(O)CC(=O)c1cccc(-n2ncnc2COC2CCCCO2)c1. The number of carboxylic acids is 1. The Morgan fingerprint density at radius 2 is 1.85 bits per heavy atom. The van der Waals surface area contributed by atoms with E-state index < -0.39 is 18.2 Å². The van der Waals surface area contributed by atoms with E-state index in [1.807, 2.05) is 0 Å². The fourth-order valence-electron chi connectivity index (χ4n) is 3.56. The Kier molecular flexibility index (Phi) is 9.90. The average Bonchev–Trinajstić information content (AvgIpc) is 3.19. The molecule has 1 N–H and O–H groups in total. The quantitative estimate of drug-likeness (QED) is 0.458. The minimum absolute atomic E-state index is 0.0156. The fraction of sp³-hybridized carbons (Fsp3) is 0.600. The first-order valence-electron chi connectivity index (χ1n) is 11.5. The Morgan fingerprint density at radius 3 is 2.41 bits per heavy atom. The van der Waals surface area contributed by atoms with Crippen LogP contribution < -0.4 is 0 Å². The highest BCUT2D eigenvalue weighted by atomic mass is 16.7. The molecule has 9 heteroatoms. The van der Waals surface area contributed by atoms with Crippen LogP contribution in [-0.4, -0.2) is 55.7 Å². The van der Waals surface area contributed by atoms with Gasteiger partial charge < -0.3 is 19.3 Å². The van der Waals surface area contributed by atoms with Crippen molar-refractivity contribution in [3.05, 3.63) is 42.0 Å². The molecule has 1 saturated heterocycles. The number of hydrogen-bond acceptors (Lipinski definition) is 7. The number of nitrogens with zero attached hydrogens (tertiary/aromatic N) is 3. The number of hydrogen-bond donors (Lipinski definition) is 1. The summed E-state index contributed by atoms with van der Waals surface area (Å²) in [4.78, 5) is 26.8. The number of carbonyl (C=O) groups is 2. The molecule has 1 unspecified atom stereocenters. The molecule has 9 nitrogen and oxygen atoms in total. The molecule has 1 aromatic heterocycles. The zero-order chi connectivity index (χ0) is 25.4. The highest BCUT2D eigenvalue weighted by Gasteiger charge is 2.20. The van der Waals surface area contributed by atoms with Crippen molar-refractivity contribution >= 4 is 11.8 Å². The summed E-state index contributed by atoms with van der Waals surface area (Å²) in [7, 11) is 0. The second kappa shape index (κ2) is 12.2. The maximum Gasteiger partial charge on any atom is 0.311 e. The van der Waals surface area contributed by atoms with Crippen molar-refractivity contribution in [1.82, 2.24) is 14.8 Å². The van der Waals surface area contributed by atoms with Gasteiger partial charge in [0.1, 0.15) is 19.4 Å². The minimum Gasteiger partial charge on any atom is -0.481 e. The third-order valence-corrected chi connectivity index (χ3v) is 4.49. The molecule has 34 heavy (non-hydrogen) atoms. The Balaban J connectivity index is 0.000000387. The van der Waals surface area contributed by atoms with Crippen LogP contribution in [0.15, 0.2) is 30.6 Å². The third-order valence-electron chi connectivity index (χ3n) is 4.49. The summed E-state index contributed by atoms with van der Waals surface area (Å²) in [6.07, 6.45) is 3.61. The van der Waals surface area contributed by atoms with Crippen molar-refractivity contribution in [2.75, 3.05) is 6.61 Å². The lowest BCUT2D eigenvalue weighted by Gasteiger charge is -2.30. The van der Waals surface area contributed by atoms with Gasteiger partial charge in [-0.3, -0.25) is 9.59 Å². The third kappa shape index (κ3) is 10.1. The van der Waals surface area contributed by atoms with Crippen LogP contribution in [0.25, 0.3) is 5.69 Å². The lowest BCUT2D eigenvalue weighted by molar-refractivity contribution is -0.170. The number of aromatic nitrogens is 3. The molecule has 2 heterocycles. The van der Waals surface area contributed by atoms with E-state index in [0.717, 1.165) is 19.3 Å². The average molecular weight is 476 g/mol. The predicted molar refractivity (Wildman–Crippen MR) is 127 cm³/mol. The molecule has 1 aliphatic rings. The summed E-state index contributed by atoms with van der Waals surface area (Å²) in [6.45, 7) is 13.3. The zero-order valence-corrected chi connectivity index (χ0v) is 21.0. The summed E-state index contributed by atoms with van der Waals surface area (Å²) in [5.74, 6) is -1.03. The maximum atomic E-state index is 11.9. The number of ether oxygens (including phenoxy) is 3. The molecule has 0 spiro atoms. The van der Waals surface area contributed by atoms with Gasteiger partial charge >= 0.3 is 5.97 Å². The minimum atomic E-state index is -1.15. The summed E-state index contributed by atoms with van der Waals surface area (Å²) in [5.41, 5.74) is 0.908. The normalized spacial score (nSPS) is 16.5. The molecular weight excluding hydrogens is 438 g/mol. The van der Waals surface area contributed by atoms with Gasteiger partial charge in [0, 0.05) is 12.2 Å². The first-order chi connectivity index (χ1) is 15.8. The largest absolute Gasteiger partial charge is 0.481 e. The molecule has 1 atom stereocenters. The van der Waals surface area contributed by atoms with Gasteiger partial charge in [-0.15, -0.1) is 0 Å². The van der Waals surface area contributed by atoms with E-state index in [2.05, 4.69) is 51.6 Å². The highest BCUT2D eigenvalue weighted by molar-refractivity contribution is 6.05. The Bertz CT molecular complexity index is 925. The van der Waals surface area contributed by atoms with Gasteiger partial charge in [0.2, 0.25) is 0 Å². The number of rotatable bonds is 7. The van der Waals surface area contributed by atoms with Crippen LogP contribution >= 0.6 is 0 Å². The second-order valence-corrected chi connectivity index (χ2v) is 10.1.